The number of nitriles is 1. The van der Waals surface area contributed by atoms with Crippen LogP contribution in [0.25, 0.3) is 0 Å². The van der Waals surface area contributed by atoms with E-state index >= 15 is 0 Å². The van der Waals surface area contributed by atoms with E-state index in [1.165, 1.54) is 17.4 Å². The van der Waals surface area contributed by atoms with Gasteiger partial charge in [0.05, 0.1) is 19.0 Å². The third-order valence-corrected chi connectivity index (χ3v) is 4.87. The van der Waals surface area contributed by atoms with Gasteiger partial charge in [0.1, 0.15) is 11.9 Å². The summed E-state index contributed by atoms with van der Waals surface area (Å²) in [4.78, 5) is 41.7. The summed E-state index contributed by atoms with van der Waals surface area (Å²) in [5.41, 5.74) is 2.18. The Hall–Kier alpha value is -3.59. The minimum Gasteiger partial charge on any atom is -0.481 e. The summed E-state index contributed by atoms with van der Waals surface area (Å²) < 4.78 is 0. The average molecular weight is 486 g/mol. The number of anilines is 1. The molecule has 0 saturated heterocycles. The molecule has 2 heterocycles. The minimum atomic E-state index is -1.09. The highest BCUT2D eigenvalue weighted by molar-refractivity contribution is 5.85. The number of pyridine rings is 1. The number of carbonyl (C=O) groups is 3. The van der Waals surface area contributed by atoms with Crippen LogP contribution in [0.3, 0.4) is 0 Å². The molecule has 3 N–H and O–H groups in total. The number of nitrogens with zero attached hydrogens (tertiary/aromatic N) is 3. The van der Waals surface area contributed by atoms with E-state index in [2.05, 4.69) is 27.6 Å². The molecule has 0 aliphatic carbocycles. The Kier molecular flexibility index (Phi) is 16.9. The number of nitrogens with one attached hydrogen (secondary N) is 2. The first-order chi connectivity index (χ1) is 16.8. The van der Waals surface area contributed by atoms with E-state index in [0.717, 1.165) is 30.9 Å². The monoisotopic (exact) mass is 485 g/mol. The van der Waals surface area contributed by atoms with Crippen LogP contribution in [0.1, 0.15) is 71.1 Å². The Labute approximate surface area is 209 Å². The van der Waals surface area contributed by atoms with Gasteiger partial charge in [-0.25, -0.2) is 4.98 Å². The van der Waals surface area contributed by atoms with Crippen molar-refractivity contribution in [1.82, 2.24) is 15.2 Å². The van der Waals surface area contributed by atoms with Crippen LogP contribution in [-0.2, 0) is 27.2 Å². The van der Waals surface area contributed by atoms with Crippen LogP contribution < -0.4 is 10.6 Å². The number of carboxylic acids is 1. The van der Waals surface area contributed by atoms with Crippen molar-refractivity contribution in [2.24, 2.45) is 0 Å². The molecule has 0 unspecified atom stereocenters. The lowest BCUT2D eigenvalue weighted by Crippen LogP contribution is -2.44. The molecule has 0 saturated carbocycles. The summed E-state index contributed by atoms with van der Waals surface area (Å²) in [5, 5.41) is 21.9. The first-order valence-corrected chi connectivity index (χ1v) is 12.1. The number of rotatable bonds is 11. The molecule has 1 atom stereocenters. The number of fused-ring (bicyclic) bond motifs is 1. The second kappa shape index (κ2) is 18.8. The maximum absolute atomic E-state index is 12.6. The second-order valence-corrected chi connectivity index (χ2v) is 7.62. The van der Waals surface area contributed by atoms with Gasteiger partial charge in [-0.05, 0) is 43.7 Å². The lowest BCUT2D eigenvalue weighted by atomic mass is 10.1. The number of aliphatic carboxylic acids is 1. The lowest BCUT2D eigenvalue weighted by molar-refractivity contribution is -0.138. The molecule has 0 aromatic carbocycles. The largest absolute Gasteiger partial charge is 0.481 e. The van der Waals surface area contributed by atoms with Crippen molar-refractivity contribution in [2.45, 2.75) is 78.7 Å². The molecular weight excluding hydrogens is 446 g/mol. The molecule has 1 aromatic heterocycles. The smallest absolute Gasteiger partial charge is 0.306 e. The number of carboxylic acid groups (broad SMARTS) is 1. The number of hydrogen-bond donors (Lipinski definition) is 3. The number of aromatic nitrogens is 1. The third kappa shape index (κ3) is 13.0. The first kappa shape index (κ1) is 31.4. The van der Waals surface area contributed by atoms with Crippen molar-refractivity contribution < 1.29 is 19.5 Å². The Morgan fingerprint density at radius 1 is 1.34 bits per heavy atom. The molecule has 9 nitrogen and oxygen atoms in total. The van der Waals surface area contributed by atoms with Gasteiger partial charge >= 0.3 is 5.97 Å². The fourth-order valence-electron chi connectivity index (χ4n) is 3.39. The maximum Gasteiger partial charge on any atom is 0.306 e. The van der Waals surface area contributed by atoms with Crippen molar-refractivity contribution >= 4 is 23.6 Å². The van der Waals surface area contributed by atoms with Crippen LogP contribution in [0, 0.1) is 23.7 Å². The highest BCUT2D eigenvalue weighted by Gasteiger charge is 2.19. The zero-order valence-corrected chi connectivity index (χ0v) is 21.4. The third-order valence-electron chi connectivity index (χ3n) is 4.87. The van der Waals surface area contributed by atoms with Gasteiger partial charge in [0.25, 0.3) is 0 Å². The van der Waals surface area contributed by atoms with Crippen LogP contribution >= 0.6 is 0 Å². The summed E-state index contributed by atoms with van der Waals surface area (Å²) in [5.74, 6) is 1.53. The van der Waals surface area contributed by atoms with Crippen LogP contribution in [0.5, 0.6) is 0 Å². The van der Waals surface area contributed by atoms with E-state index in [1.54, 1.807) is 6.07 Å². The van der Waals surface area contributed by atoms with Gasteiger partial charge in [-0.1, -0.05) is 32.8 Å². The Bertz CT molecular complexity index is 889. The summed E-state index contributed by atoms with van der Waals surface area (Å²) in [6, 6.07) is 4.96. The summed E-state index contributed by atoms with van der Waals surface area (Å²) in [7, 11) is 0. The number of amides is 2. The zero-order chi connectivity index (χ0) is 26.6. The summed E-state index contributed by atoms with van der Waals surface area (Å²) >= 11 is 0. The van der Waals surface area contributed by atoms with E-state index in [9.17, 15) is 14.4 Å². The quantitative estimate of drug-likeness (QED) is 0.410. The van der Waals surface area contributed by atoms with E-state index in [4.69, 9.17) is 16.8 Å². The number of hydrogen-bond acceptors (Lipinski definition) is 6. The fraction of sp³-hybridized carbons (Fsp3) is 0.577. The van der Waals surface area contributed by atoms with E-state index in [-0.39, 0.29) is 18.9 Å². The van der Waals surface area contributed by atoms with Gasteiger partial charge < -0.3 is 20.6 Å². The lowest BCUT2D eigenvalue weighted by Gasteiger charge is -2.22. The summed E-state index contributed by atoms with van der Waals surface area (Å²) in [6.07, 6.45) is 9.41. The molecular formula is C26H39N5O4. The van der Waals surface area contributed by atoms with Crippen LogP contribution in [0.2, 0.25) is 0 Å². The van der Waals surface area contributed by atoms with E-state index in [1.807, 2.05) is 26.8 Å². The van der Waals surface area contributed by atoms with E-state index in [0.29, 0.717) is 32.2 Å². The van der Waals surface area contributed by atoms with Gasteiger partial charge in [-0.15, -0.1) is 6.42 Å². The predicted octanol–water partition coefficient (Wildman–Crippen LogP) is 3.15. The van der Waals surface area contributed by atoms with Gasteiger partial charge in [0.2, 0.25) is 11.8 Å². The normalized spacial score (nSPS) is 11.8. The molecule has 0 bridgehead atoms. The predicted molar refractivity (Wildman–Crippen MR) is 137 cm³/mol. The molecule has 192 valence electrons. The molecule has 9 heteroatoms. The maximum atomic E-state index is 12.6. The highest BCUT2D eigenvalue weighted by Crippen LogP contribution is 2.20. The highest BCUT2D eigenvalue weighted by atomic mass is 16.4. The molecule has 0 fully saturated rings. The first-order valence-electron chi connectivity index (χ1n) is 12.1. The summed E-state index contributed by atoms with van der Waals surface area (Å²) in [6.45, 7) is 8.61. The molecule has 1 aliphatic rings. The molecule has 0 radical (unpaired) electrons. The van der Waals surface area contributed by atoms with Crippen molar-refractivity contribution in [1.29, 1.82) is 5.26 Å². The van der Waals surface area contributed by atoms with Gasteiger partial charge in [-0.3, -0.25) is 14.4 Å². The second-order valence-electron chi connectivity index (χ2n) is 7.62. The van der Waals surface area contributed by atoms with Crippen molar-refractivity contribution in [3.05, 3.63) is 23.4 Å². The standard InChI is InChI=1S/C22H30N4O4.C2H3N.C2H6/c1-3-13-26(15-19(27)24-17(4-2)14-21(29)30)20(28)9-5-8-18-11-10-16-7-6-12-23-22(16)25-18;1-2-3;1-2/h2,10-11,17H,3,5-9,12-15H2,1H3,(H,23,25)(H,24,27)(H,29,30);1H3;1-2H3/t17-;;/m1../s1. The molecule has 2 amide bonds. The van der Waals surface area contributed by atoms with Crippen LogP contribution in [0.4, 0.5) is 5.82 Å². The molecule has 1 aliphatic heterocycles. The van der Waals surface area contributed by atoms with Crippen LogP contribution in [-0.4, -0.2) is 58.5 Å². The van der Waals surface area contributed by atoms with Crippen molar-refractivity contribution in [3.63, 3.8) is 0 Å². The van der Waals surface area contributed by atoms with Crippen molar-refractivity contribution in [3.8, 4) is 18.4 Å². The Morgan fingerprint density at radius 3 is 2.63 bits per heavy atom. The Balaban J connectivity index is 0.00000214. The van der Waals surface area contributed by atoms with Gasteiger partial charge in [0.15, 0.2) is 0 Å². The van der Waals surface area contributed by atoms with Gasteiger partial charge in [0, 0.05) is 32.1 Å². The number of aryl methyl sites for hydroxylation is 2. The topological polar surface area (TPSA) is 135 Å². The Morgan fingerprint density at radius 2 is 2.03 bits per heavy atom. The molecule has 2 rings (SSSR count). The zero-order valence-electron chi connectivity index (χ0n) is 21.4. The molecule has 0 spiro atoms. The fourth-order valence-corrected chi connectivity index (χ4v) is 3.39. The SMILES string of the molecule is C#C[C@H](CC(=O)O)NC(=O)CN(CCC)C(=O)CCCc1ccc2c(n1)NCCC2.CC.CC#N. The average Bonchev–Trinajstić information content (AvgIpc) is 2.84. The minimum absolute atomic E-state index is 0.112. The number of terminal acetylenes is 1. The van der Waals surface area contributed by atoms with Crippen molar-refractivity contribution in [2.75, 3.05) is 25.0 Å². The van der Waals surface area contributed by atoms with Gasteiger partial charge in [-0.2, -0.15) is 5.26 Å². The molecule has 35 heavy (non-hydrogen) atoms. The van der Waals surface area contributed by atoms with E-state index < -0.39 is 17.9 Å². The molecule has 1 aromatic rings. The number of carbonyl (C=O) groups excluding carboxylic acids is 2. The van der Waals surface area contributed by atoms with Crippen LogP contribution in [0.15, 0.2) is 12.1 Å².